The highest BCUT2D eigenvalue weighted by molar-refractivity contribution is 5.92. The van der Waals surface area contributed by atoms with Gasteiger partial charge in [0.2, 0.25) is 0 Å². The van der Waals surface area contributed by atoms with Gasteiger partial charge in [0.25, 0.3) is 0 Å². The summed E-state index contributed by atoms with van der Waals surface area (Å²) in [5.74, 6) is -2.18. The molecule has 8 nitrogen and oxygen atoms in total. The first kappa shape index (κ1) is 24.8. The lowest BCUT2D eigenvalue weighted by Gasteiger charge is -2.29. The van der Waals surface area contributed by atoms with Crippen molar-refractivity contribution in [3.05, 3.63) is 96.1 Å². The van der Waals surface area contributed by atoms with Crippen molar-refractivity contribution in [1.29, 1.82) is 0 Å². The summed E-state index contributed by atoms with van der Waals surface area (Å²) in [5.41, 5.74) is 0.215. The molecule has 0 aliphatic heterocycles. The topological polar surface area (TPSA) is 101 Å². The zero-order valence-electron chi connectivity index (χ0n) is 18.7. The average Bonchev–Trinajstić information content (AvgIpc) is 2.86. The molecular formula is C26H26O8. The molecule has 0 bridgehead atoms. The molecule has 0 aliphatic rings. The van der Waals surface area contributed by atoms with Gasteiger partial charge in [-0.15, -0.1) is 0 Å². The van der Waals surface area contributed by atoms with Gasteiger partial charge in [0.05, 0.1) is 24.3 Å². The molecule has 0 atom stereocenters. The molecule has 0 heterocycles. The first-order valence-corrected chi connectivity index (χ1v) is 10.7. The summed E-state index contributed by atoms with van der Waals surface area (Å²) < 4.78 is 28.1. The number of aromatic carboxylic acids is 1. The average molecular weight is 466 g/mol. The highest BCUT2D eigenvalue weighted by Crippen LogP contribution is 2.19. The van der Waals surface area contributed by atoms with E-state index in [9.17, 15) is 9.59 Å². The van der Waals surface area contributed by atoms with Gasteiger partial charge in [0.15, 0.2) is 0 Å². The number of hydrogen-bond acceptors (Lipinski definition) is 7. The smallest absolute Gasteiger partial charge is 0.342 e. The standard InChI is InChI=1S/C26H26O8/c1-26(32-18-16-30-22-8-4-2-5-9-22,33-19-17-31-23-10-6-3-7-11-23)34-25(29)21-14-12-20(13-15-21)24(27)28/h2-15H,16-19H2,1H3,(H,27,28). The second-order valence-electron chi connectivity index (χ2n) is 7.15. The van der Waals surface area contributed by atoms with Crippen molar-refractivity contribution in [3.8, 4) is 11.5 Å². The molecule has 178 valence electrons. The Morgan fingerprint density at radius 3 is 1.56 bits per heavy atom. The highest BCUT2D eigenvalue weighted by Gasteiger charge is 2.32. The van der Waals surface area contributed by atoms with Crippen molar-refractivity contribution in [2.75, 3.05) is 26.4 Å². The van der Waals surface area contributed by atoms with E-state index in [-0.39, 0.29) is 37.6 Å². The number of ether oxygens (including phenoxy) is 5. The third-order valence-corrected chi connectivity index (χ3v) is 4.56. The van der Waals surface area contributed by atoms with E-state index in [2.05, 4.69) is 0 Å². The predicted octanol–water partition coefficient (Wildman–Crippen LogP) is 4.41. The molecule has 0 fully saturated rings. The molecule has 0 aliphatic carbocycles. The molecule has 8 heteroatoms. The summed E-state index contributed by atoms with van der Waals surface area (Å²) in [7, 11) is 0. The second kappa shape index (κ2) is 12.4. The van der Waals surface area contributed by atoms with Crippen LogP contribution in [0.25, 0.3) is 0 Å². The van der Waals surface area contributed by atoms with E-state index in [1.807, 2.05) is 60.7 Å². The number of carboxylic acids is 1. The Kier molecular flexibility index (Phi) is 9.02. The summed E-state index contributed by atoms with van der Waals surface area (Å²) in [6.07, 6.45) is 0. The van der Waals surface area contributed by atoms with Gasteiger partial charge in [-0.2, -0.15) is 0 Å². The van der Waals surface area contributed by atoms with Crippen LogP contribution >= 0.6 is 0 Å². The van der Waals surface area contributed by atoms with Crippen molar-refractivity contribution in [2.45, 2.75) is 12.9 Å². The Labute approximate surface area is 197 Å². The van der Waals surface area contributed by atoms with E-state index in [0.717, 1.165) is 0 Å². The number of para-hydroxylation sites is 2. The number of carboxylic acid groups (broad SMARTS) is 1. The molecule has 0 amide bonds. The largest absolute Gasteiger partial charge is 0.491 e. The molecular weight excluding hydrogens is 440 g/mol. The van der Waals surface area contributed by atoms with Gasteiger partial charge in [-0.25, -0.2) is 9.59 Å². The Bertz CT molecular complexity index is 988. The van der Waals surface area contributed by atoms with Gasteiger partial charge in [0, 0.05) is 6.92 Å². The predicted molar refractivity (Wildman–Crippen MR) is 123 cm³/mol. The Balaban J connectivity index is 1.57. The number of benzene rings is 3. The molecule has 0 saturated carbocycles. The molecule has 34 heavy (non-hydrogen) atoms. The van der Waals surface area contributed by atoms with Crippen molar-refractivity contribution in [1.82, 2.24) is 0 Å². The number of carbonyl (C=O) groups excluding carboxylic acids is 1. The molecule has 0 aromatic heterocycles. The SMILES string of the molecule is CC(OCCOc1ccccc1)(OCCOc1ccccc1)OC(=O)c1ccc(C(=O)O)cc1. The van der Waals surface area contributed by atoms with Crippen LogP contribution in [0, 0.1) is 0 Å². The maximum atomic E-state index is 12.7. The summed E-state index contributed by atoms with van der Waals surface area (Å²) >= 11 is 0. The fourth-order valence-electron chi connectivity index (χ4n) is 2.88. The minimum atomic E-state index is -1.72. The van der Waals surface area contributed by atoms with Crippen molar-refractivity contribution in [3.63, 3.8) is 0 Å². The molecule has 3 rings (SSSR count). The number of rotatable bonds is 13. The zero-order valence-corrected chi connectivity index (χ0v) is 18.7. The lowest BCUT2D eigenvalue weighted by Crippen LogP contribution is -2.40. The fourth-order valence-corrected chi connectivity index (χ4v) is 2.88. The summed E-state index contributed by atoms with van der Waals surface area (Å²) in [6, 6.07) is 23.8. The Morgan fingerprint density at radius 1 is 0.676 bits per heavy atom. The second-order valence-corrected chi connectivity index (χ2v) is 7.15. The minimum Gasteiger partial charge on any atom is -0.491 e. The van der Waals surface area contributed by atoms with Gasteiger partial charge in [-0.05, 0) is 48.5 Å². The monoisotopic (exact) mass is 466 g/mol. The van der Waals surface area contributed by atoms with Crippen LogP contribution in [0.5, 0.6) is 11.5 Å². The third kappa shape index (κ3) is 7.91. The van der Waals surface area contributed by atoms with E-state index in [0.29, 0.717) is 11.5 Å². The van der Waals surface area contributed by atoms with Gasteiger partial charge in [0.1, 0.15) is 24.7 Å². The minimum absolute atomic E-state index is 0.0583. The number of carbonyl (C=O) groups is 2. The van der Waals surface area contributed by atoms with E-state index in [4.69, 9.17) is 28.8 Å². The van der Waals surface area contributed by atoms with Gasteiger partial charge in [-0.3, -0.25) is 0 Å². The summed E-state index contributed by atoms with van der Waals surface area (Å²) in [6.45, 7) is 2.04. The van der Waals surface area contributed by atoms with Gasteiger partial charge in [-0.1, -0.05) is 36.4 Å². The van der Waals surface area contributed by atoms with E-state index in [1.165, 1.54) is 31.2 Å². The quantitative estimate of drug-likeness (QED) is 0.225. The van der Waals surface area contributed by atoms with Crippen LogP contribution in [0.15, 0.2) is 84.9 Å². The van der Waals surface area contributed by atoms with Crippen LogP contribution in [0.3, 0.4) is 0 Å². The molecule has 0 saturated heterocycles. The lowest BCUT2D eigenvalue weighted by molar-refractivity contribution is -0.346. The highest BCUT2D eigenvalue weighted by atomic mass is 16.9. The Hall–Kier alpha value is -3.88. The van der Waals surface area contributed by atoms with E-state index < -0.39 is 17.9 Å². The van der Waals surface area contributed by atoms with Crippen LogP contribution in [0.4, 0.5) is 0 Å². The van der Waals surface area contributed by atoms with Crippen LogP contribution in [-0.2, 0) is 14.2 Å². The lowest BCUT2D eigenvalue weighted by atomic mass is 10.1. The van der Waals surface area contributed by atoms with Crippen molar-refractivity contribution < 1.29 is 38.4 Å². The normalized spacial score (nSPS) is 11.0. The van der Waals surface area contributed by atoms with Crippen molar-refractivity contribution in [2.24, 2.45) is 0 Å². The zero-order chi connectivity index (χ0) is 24.2. The van der Waals surface area contributed by atoms with E-state index in [1.54, 1.807) is 0 Å². The first-order chi connectivity index (χ1) is 16.5. The molecule has 0 spiro atoms. The maximum Gasteiger partial charge on any atom is 0.342 e. The molecule has 3 aromatic rings. The van der Waals surface area contributed by atoms with Crippen LogP contribution in [0.1, 0.15) is 27.6 Å². The van der Waals surface area contributed by atoms with E-state index >= 15 is 0 Å². The number of esters is 1. The molecule has 0 radical (unpaired) electrons. The van der Waals surface area contributed by atoms with Gasteiger partial charge >= 0.3 is 17.9 Å². The third-order valence-electron chi connectivity index (χ3n) is 4.56. The molecule has 1 N–H and O–H groups in total. The van der Waals surface area contributed by atoms with Crippen molar-refractivity contribution >= 4 is 11.9 Å². The summed E-state index contributed by atoms with van der Waals surface area (Å²) in [4.78, 5) is 23.7. The fraction of sp³-hybridized carbons (Fsp3) is 0.231. The van der Waals surface area contributed by atoms with Crippen LogP contribution < -0.4 is 9.47 Å². The molecule has 3 aromatic carbocycles. The van der Waals surface area contributed by atoms with Crippen LogP contribution in [-0.4, -0.2) is 49.4 Å². The van der Waals surface area contributed by atoms with Crippen LogP contribution in [0.2, 0.25) is 0 Å². The first-order valence-electron chi connectivity index (χ1n) is 10.7. The van der Waals surface area contributed by atoms with Gasteiger partial charge < -0.3 is 28.8 Å². The molecule has 0 unspecified atom stereocenters. The Morgan fingerprint density at radius 2 is 1.12 bits per heavy atom. The summed E-state index contributed by atoms with van der Waals surface area (Å²) in [5, 5.41) is 9.03. The maximum absolute atomic E-state index is 12.7. The number of hydrogen-bond donors (Lipinski definition) is 1.